The zero-order chi connectivity index (χ0) is 21.1. The van der Waals surface area contributed by atoms with Crippen molar-refractivity contribution in [1.29, 1.82) is 0 Å². The molecular formula is C23H18N4O2S. The molecule has 0 aliphatic rings. The Morgan fingerprint density at radius 1 is 0.767 bits per heavy atom. The topological polar surface area (TPSA) is 71.9 Å². The van der Waals surface area contributed by atoms with Crippen LogP contribution < -0.4 is 5.56 Å². The molecule has 0 unspecified atom stereocenters. The Balaban J connectivity index is 1.99. The molecule has 1 aromatic heterocycles. The second kappa shape index (κ2) is 8.26. The predicted molar refractivity (Wildman–Crippen MR) is 119 cm³/mol. The van der Waals surface area contributed by atoms with E-state index in [1.54, 1.807) is 36.4 Å². The average molecular weight is 414 g/mol. The number of aromatic nitrogens is 2. The third-order valence-corrected chi connectivity index (χ3v) is 4.91. The number of hydrogen-bond acceptors (Lipinski definition) is 5. The Bertz CT molecular complexity index is 1330. The number of nitrogens with zero attached hydrogens (tertiary/aromatic N) is 4. The van der Waals surface area contributed by atoms with Gasteiger partial charge in [0, 0.05) is 0 Å². The molecule has 7 heteroatoms. The van der Waals surface area contributed by atoms with Gasteiger partial charge in [-0.2, -0.15) is 5.11 Å². The number of hydrogen-bond donors (Lipinski definition) is 1. The first kappa shape index (κ1) is 19.5. The van der Waals surface area contributed by atoms with E-state index in [1.807, 2.05) is 55.5 Å². The molecule has 0 fully saturated rings. The molecule has 0 atom stereocenters. The first-order chi connectivity index (χ1) is 14.6. The molecule has 148 valence electrons. The van der Waals surface area contributed by atoms with E-state index in [0.717, 1.165) is 5.56 Å². The van der Waals surface area contributed by atoms with Crippen LogP contribution in [0.4, 0.5) is 11.4 Å². The number of aromatic hydroxyl groups is 1. The van der Waals surface area contributed by atoms with Crippen molar-refractivity contribution in [2.45, 2.75) is 6.92 Å². The maximum absolute atomic E-state index is 13.2. The van der Waals surface area contributed by atoms with Crippen molar-refractivity contribution in [3.63, 3.8) is 0 Å². The van der Waals surface area contributed by atoms with E-state index in [9.17, 15) is 9.90 Å². The van der Waals surface area contributed by atoms with Gasteiger partial charge in [0.2, 0.25) is 11.6 Å². The van der Waals surface area contributed by atoms with Crippen molar-refractivity contribution in [2.24, 2.45) is 10.2 Å². The summed E-state index contributed by atoms with van der Waals surface area (Å²) in [6.07, 6.45) is 0. The number of azo groups is 1. The fraction of sp³-hybridized carbons (Fsp3) is 0.0435. The van der Waals surface area contributed by atoms with Gasteiger partial charge >= 0.3 is 0 Å². The predicted octanol–water partition coefficient (Wildman–Crippen LogP) is 5.79. The van der Waals surface area contributed by atoms with Crippen molar-refractivity contribution in [3.8, 4) is 17.3 Å². The molecule has 0 aliphatic carbocycles. The number of aryl methyl sites for hydroxylation is 1. The Hall–Kier alpha value is -3.84. The Morgan fingerprint density at radius 3 is 1.87 bits per heavy atom. The Kier molecular flexibility index (Phi) is 5.36. The Labute approximate surface area is 178 Å². The van der Waals surface area contributed by atoms with E-state index in [0.29, 0.717) is 17.1 Å². The van der Waals surface area contributed by atoms with Gasteiger partial charge in [0.25, 0.3) is 5.56 Å². The minimum Gasteiger partial charge on any atom is -0.492 e. The largest absolute Gasteiger partial charge is 0.492 e. The van der Waals surface area contributed by atoms with Gasteiger partial charge in [-0.15, -0.1) is 5.11 Å². The third-order valence-electron chi connectivity index (χ3n) is 4.54. The van der Waals surface area contributed by atoms with Crippen LogP contribution in [-0.4, -0.2) is 14.2 Å². The normalized spacial score (nSPS) is 11.1. The van der Waals surface area contributed by atoms with Crippen molar-refractivity contribution in [1.82, 2.24) is 9.13 Å². The molecule has 4 aromatic rings. The monoisotopic (exact) mass is 414 g/mol. The van der Waals surface area contributed by atoms with Crippen LogP contribution in [0.2, 0.25) is 0 Å². The van der Waals surface area contributed by atoms with Crippen LogP contribution in [0.25, 0.3) is 11.4 Å². The molecule has 0 bridgehead atoms. The molecule has 4 rings (SSSR count). The lowest BCUT2D eigenvalue weighted by Gasteiger charge is -2.15. The lowest BCUT2D eigenvalue weighted by Crippen LogP contribution is -2.23. The smallest absolute Gasteiger partial charge is 0.290 e. The van der Waals surface area contributed by atoms with Gasteiger partial charge < -0.3 is 5.11 Å². The second-order valence-corrected chi connectivity index (χ2v) is 7.00. The van der Waals surface area contributed by atoms with Gasteiger partial charge in [-0.1, -0.05) is 54.1 Å². The highest BCUT2D eigenvalue weighted by atomic mass is 32.1. The molecule has 1 heterocycles. The van der Waals surface area contributed by atoms with Gasteiger partial charge in [-0.25, -0.2) is 0 Å². The number of benzene rings is 3. The lowest BCUT2D eigenvalue weighted by atomic mass is 10.2. The fourth-order valence-electron chi connectivity index (χ4n) is 3.01. The van der Waals surface area contributed by atoms with Crippen LogP contribution in [0, 0.1) is 11.7 Å². The summed E-state index contributed by atoms with van der Waals surface area (Å²) in [5.41, 5.74) is 2.09. The summed E-state index contributed by atoms with van der Waals surface area (Å²) in [4.78, 5) is 13.2. The van der Waals surface area contributed by atoms with Gasteiger partial charge in [-0.05, 0) is 55.5 Å². The van der Waals surface area contributed by atoms with Gasteiger partial charge in [0.05, 0.1) is 17.1 Å². The summed E-state index contributed by atoms with van der Waals surface area (Å²) < 4.78 is 2.88. The fourth-order valence-corrected chi connectivity index (χ4v) is 3.39. The molecule has 0 amide bonds. The Morgan fingerprint density at radius 2 is 1.30 bits per heavy atom. The van der Waals surface area contributed by atoms with Gasteiger partial charge in [-0.3, -0.25) is 13.9 Å². The zero-order valence-electron chi connectivity index (χ0n) is 16.1. The van der Waals surface area contributed by atoms with Crippen molar-refractivity contribution in [2.75, 3.05) is 0 Å². The van der Waals surface area contributed by atoms with E-state index in [1.165, 1.54) is 9.13 Å². The standard InChI is InChI=1S/C23H18N4O2S/c1-16-12-14-17(15-13-16)24-25-20-21(28)26(18-8-4-2-5-9-18)23(30)27(22(20)29)19-10-6-3-7-11-19/h2-15,28H,1H3. The van der Waals surface area contributed by atoms with Crippen LogP contribution >= 0.6 is 12.2 Å². The van der Waals surface area contributed by atoms with E-state index in [2.05, 4.69) is 10.2 Å². The van der Waals surface area contributed by atoms with E-state index < -0.39 is 5.56 Å². The van der Waals surface area contributed by atoms with Gasteiger partial charge in [0.1, 0.15) is 0 Å². The zero-order valence-corrected chi connectivity index (χ0v) is 17.0. The molecule has 1 N–H and O–H groups in total. The highest BCUT2D eigenvalue weighted by molar-refractivity contribution is 7.71. The summed E-state index contributed by atoms with van der Waals surface area (Å²) in [7, 11) is 0. The third kappa shape index (κ3) is 3.70. The first-order valence-electron chi connectivity index (χ1n) is 9.26. The summed E-state index contributed by atoms with van der Waals surface area (Å²) in [5.74, 6) is -0.362. The first-order valence-corrected chi connectivity index (χ1v) is 9.67. The van der Waals surface area contributed by atoms with Crippen LogP contribution in [-0.2, 0) is 0 Å². The van der Waals surface area contributed by atoms with Crippen LogP contribution in [0.5, 0.6) is 5.88 Å². The summed E-state index contributed by atoms with van der Waals surface area (Å²) in [6, 6.07) is 25.5. The summed E-state index contributed by atoms with van der Waals surface area (Å²) in [5, 5.41) is 19.2. The summed E-state index contributed by atoms with van der Waals surface area (Å²) in [6.45, 7) is 1.97. The second-order valence-electron chi connectivity index (χ2n) is 6.64. The molecule has 3 aromatic carbocycles. The molecule has 0 saturated heterocycles. The van der Waals surface area contributed by atoms with Crippen LogP contribution in [0.3, 0.4) is 0 Å². The minimum atomic E-state index is -0.549. The highest BCUT2D eigenvalue weighted by Gasteiger charge is 2.19. The number of para-hydroxylation sites is 2. The van der Waals surface area contributed by atoms with Gasteiger partial charge in [0.15, 0.2) is 4.77 Å². The molecular weight excluding hydrogens is 396 g/mol. The van der Waals surface area contributed by atoms with E-state index >= 15 is 0 Å². The minimum absolute atomic E-state index is 0.129. The summed E-state index contributed by atoms with van der Waals surface area (Å²) >= 11 is 5.58. The van der Waals surface area contributed by atoms with Crippen LogP contribution in [0.1, 0.15) is 5.56 Å². The van der Waals surface area contributed by atoms with Crippen molar-refractivity contribution >= 4 is 23.6 Å². The quantitative estimate of drug-likeness (QED) is 0.339. The van der Waals surface area contributed by atoms with E-state index in [4.69, 9.17) is 12.2 Å². The van der Waals surface area contributed by atoms with Crippen molar-refractivity contribution in [3.05, 3.63) is 106 Å². The average Bonchev–Trinajstić information content (AvgIpc) is 2.76. The SMILES string of the molecule is Cc1ccc(N=Nc2c(O)n(-c3ccccc3)c(=S)n(-c3ccccc3)c2=O)cc1. The van der Waals surface area contributed by atoms with Crippen LogP contribution in [0.15, 0.2) is 100.0 Å². The molecule has 0 spiro atoms. The molecule has 0 saturated carbocycles. The highest BCUT2D eigenvalue weighted by Crippen LogP contribution is 2.29. The van der Waals surface area contributed by atoms with E-state index in [-0.39, 0.29) is 16.3 Å². The lowest BCUT2D eigenvalue weighted by molar-refractivity contribution is 0.432. The molecule has 30 heavy (non-hydrogen) atoms. The number of rotatable bonds is 4. The molecule has 0 radical (unpaired) electrons. The maximum Gasteiger partial charge on any atom is 0.290 e. The molecule has 6 nitrogen and oxygen atoms in total. The van der Waals surface area contributed by atoms with Crippen molar-refractivity contribution < 1.29 is 5.11 Å². The maximum atomic E-state index is 13.2. The molecule has 0 aliphatic heterocycles.